The molecule has 1 aromatic carbocycles. The van der Waals surface area contributed by atoms with Gasteiger partial charge in [0.1, 0.15) is 12.1 Å². The van der Waals surface area contributed by atoms with Gasteiger partial charge in [0.15, 0.2) is 0 Å². The van der Waals surface area contributed by atoms with Crippen molar-refractivity contribution in [1.82, 2.24) is 15.2 Å². The highest BCUT2D eigenvalue weighted by atomic mass is 16.5. The van der Waals surface area contributed by atoms with Crippen LogP contribution in [0.3, 0.4) is 0 Å². The van der Waals surface area contributed by atoms with Crippen LogP contribution >= 0.6 is 0 Å². The van der Waals surface area contributed by atoms with Crippen molar-refractivity contribution >= 4 is 11.9 Å². The van der Waals surface area contributed by atoms with Crippen LogP contribution in [0.1, 0.15) is 12.0 Å². The van der Waals surface area contributed by atoms with Crippen LogP contribution in [0, 0.1) is 6.92 Å². The lowest BCUT2D eigenvalue weighted by atomic mass is 10.2. The van der Waals surface area contributed by atoms with Gasteiger partial charge in [-0.05, 0) is 24.6 Å². The van der Waals surface area contributed by atoms with Crippen LogP contribution in [0.4, 0.5) is 5.95 Å². The van der Waals surface area contributed by atoms with E-state index in [1.807, 2.05) is 31.2 Å². The Morgan fingerprint density at radius 2 is 2.39 bits per heavy atom. The number of H-pyrrole nitrogens is 1. The molecule has 6 heteroatoms. The summed E-state index contributed by atoms with van der Waals surface area (Å²) in [5, 5.41) is 8.75. The van der Waals surface area contributed by atoms with Crippen molar-refractivity contribution in [3.8, 4) is 5.75 Å². The van der Waals surface area contributed by atoms with Gasteiger partial charge in [-0.2, -0.15) is 10.1 Å². The summed E-state index contributed by atoms with van der Waals surface area (Å²) in [4.78, 5) is 15.3. The molecule has 94 valence electrons. The van der Waals surface area contributed by atoms with Gasteiger partial charge in [-0.3, -0.25) is 10.1 Å². The van der Waals surface area contributed by atoms with E-state index in [0.29, 0.717) is 12.6 Å². The number of aromatic nitrogens is 3. The van der Waals surface area contributed by atoms with Gasteiger partial charge in [0.05, 0.1) is 13.0 Å². The third kappa shape index (κ3) is 3.58. The molecule has 2 N–H and O–H groups in total. The second kappa shape index (κ2) is 5.81. The van der Waals surface area contributed by atoms with E-state index >= 15 is 0 Å². The number of ether oxygens (including phenoxy) is 1. The van der Waals surface area contributed by atoms with E-state index in [-0.39, 0.29) is 12.3 Å². The highest BCUT2D eigenvalue weighted by molar-refractivity contribution is 5.88. The van der Waals surface area contributed by atoms with Crippen molar-refractivity contribution in [3.63, 3.8) is 0 Å². The van der Waals surface area contributed by atoms with Crippen molar-refractivity contribution in [2.24, 2.45) is 0 Å². The van der Waals surface area contributed by atoms with E-state index in [9.17, 15) is 4.79 Å². The normalized spacial score (nSPS) is 10.1. The molecule has 0 radical (unpaired) electrons. The molecule has 0 saturated carbocycles. The highest BCUT2D eigenvalue weighted by Gasteiger charge is 2.04. The first-order chi connectivity index (χ1) is 8.74. The number of anilines is 1. The molecule has 0 fully saturated rings. The number of carbonyl (C=O) groups is 1. The second-order valence-electron chi connectivity index (χ2n) is 3.80. The zero-order chi connectivity index (χ0) is 12.8. The largest absolute Gasteiger partial charge is 0.493 e. The highest BCUT2D eigenvalue weighted by Crippen LogP contribution is 2.12. The fourth-order valence-electron chi connectivity index (χ4n) is 1.43. The maximum Gasteiger partial charge on any atom is 0.230 e. The molecule has 0 aliphatic rings. The minimum atomic E-state index is -0.167. The van der Waals surface area contributed by atoms with E-state index in [0.717, 1.165) is 11.3 Å². The lowest BCUT2D eigenvalue weighted by Gasteiger charge is -2.06. The van der Waals surface area contributed by atoms with Gasteiger partial charge in [0.2, 0.25) is 11.9 Å². The first kappa shape index (κ1) is 12.1. The number of hydrogen-bond acceptors (Lipinski definition) is 4. The van der Waals surface area contributed by atoms with Crippen LogP contribution in [0.25, 0.3) is 0 Å². The Morgan fingerprint density at radius 3 is 3.11 bits per heavy atom. The Labute approximate surface area is 104 Å². The van der Waals surface area contributed by atoms with Gasteiger partial charge in [-0.15, -0.1) is 0 Å². The summed E-state index contributed by atoms with van der Waals surface area (Å²) in [6.07, 6.45) is 1.59. The summed E-state index contributed by atoms with van der Waals surface area (Å²) < 4.78 is 5.47. The number of aromatic amines is 1. The molecule has 0 saturated heterocycles. The number of rotatable bonds is 5. The molecule has 0 unspecified atom stereocenters. The third-order valence-corrected chi connectivity index (χ3v) is 2.26. The molecule has 2 aromatic rings. The molecule has 0 spiro atoms. The molecule has 6 nitrogen and oxygen atoms in total. The monoisotopic (exact) mass is 246 g/mol. The quantitative estimate of drug-likeness (QED) is 0.838. The SMILES string of the molecule is Cc1cccc(OCCC(=O)Nc2ncn[nH]2)c1. The Morgan fingerprint density at radius 1 is 1.50 bits per heavy atom. The molecular weight excluding hydrogens is 232 g/mol. The Kier molecular flexibility index (Phi) is 3.90. The summed E-state index contributed by atoms with van der Waals surface area (Å²) in [5.74, 6) is 0.942. The van der Waals surface area contributed by atoms with Crippen molar-refractivity contribution < 1.29 is 9.53 Å². The first-order valence-corrected chi connectivity index (χ1v) is 5.59. The molecule has 2 rings (SSSR count). The molecule has 0 aliphatic carbocycles. The van der Waals surface area contributed by atoms with Crippen molar-refractivity contribution in [1.29, 1.82) is 0 Å². The molecule has 0 aliphatic heterocycles. The molecule has 1 amide bonds. The minimum Gasteiger partial charge on any atom is -0.493 e. The molecule has 1 heterocycles. The van der Waals surface area contributed by atoms with Crippen molar-refractivity contribution in [3.05, 3.63) is 36.2 Å². The van der Waals surface area contributed by atoms with E-state index in [2.05, 4.69) is 20.5 Å². The number of benzene rings is 1. The van der Waals surface area contributed by atoms with E-state index < -0.39 is 0 Å². The lowest BCUT2D eigenvalue weighted by molar-refractivity contribution is -0.116. The summed E-state index contributed by atoms with van der Waals surface area (Å²) >= 11 is 0. The summed E-state index contributed by atoms with van der Waals surface area (Å²) in [6, 6.07) is 7.69. The van der Waals surface area contributed by atoms with Gasteiger partial charge in [-0.1, -0.05) is 12.1 Å². The molecule has 0 atom stereocenters. The van der Waals surface area contributed by atoms with Crippen molar-refractivity contribution in [2.45, 2.75) is 13.3 Å². The maximum absolute atomic E-state index is 11.5. The zero-order valence-corrected chi connectivity index (χ0v) is 10.0. The van der Waals surface area contributed by atoms with Crippen LogP contribution in [0.15, 0.2) is 30.6 Å². The molecule has 18 heavy (non-hydrogen) atoms. The number of hydrogen-bond donors (Lipinski definition) is 2. The Bertz CT molecular complexity index is 511. The maximum atomic E-state index is 11.5. The number of amides is 1. The number of aryl methyl sites for hydroxylation is 1. The van der Waals surface area contributed by atoms with Crippen LogP contribution in [-0.4, -0.2) is 27.7 Å². The predicted molar refractivity (Wildman–Crippen MR) is 66.3 cm³/mol. The summed E-state index contributed by atoms with van der Waals surface area (Å²) in [5.41, 5.74) is 1.12. The number of nitrogens with zero attached hydrogens (tertiary/aromatic N) is 2. The topological polar surface area (TPSA) is 79.9 Å². The fourth-order valence-corrected chi connectivity index (χ4v) is 1.43. The predicted octanol–water partition coefficient (Wildman–Crippen LogP) is 1.52. The smallest absolute Gasteiger partial charge is 0.230 e. The van der Waals surface area contributed by atoms with Crippen LogP contribution in [0.5, 0.6) is 5.75 Å². The molecule has 0 bridgehead atoms. The van der Waals surface area contributed by atoms with Crippen molar-refractivity contribution in [2.75, 3.05) is 11.9 Å². The average Bonchev–Trinajstić information content (AvgIpc) is 2.82. The van der Waals surface area contributed by atoms with Gasteiger partial charge >= 0.3 is 0 Å². The average molecular weight is 246 g/mol. The molecular formula is C12H14N4O2. The van der Waals surface area contributed by atoms with Gasteiger partial charge < -0.3 is 4.74 Å². The Hall–Kier alpha value is -2.37. The fraction of sp³-hybridized carbons (Fsp3) is 0.250. The van der Waals surface area contributed by atoms with Gasteiger partial charge in [0, 0.05) is 0 Å². The van der Waals surface area contributed by atoms with Crippen LogP contribution < -0.4 is 10.1 Å². The number of carbonyl (C=O) groups excluding carboxylic acids is 1. The second-order valence-corrected chi connectivity index (χ2v) is 3.80. The zero-order valence-electron chi connectivity index (χ0n) is 10.0. The lowest BCUT2D eigenvalue weighted by Crippen LogP contribution is -2.16. The molecule has 1 aromatic heterocycles. The van der Waals surface area contributed by atoms with E-state index in [1.54, 1.807) is 0 Å². The van der Waals surface area contributed by atoms with Gasteiger partial charge in [0.25, 0.3) is 0 Å². The first-order valence-electron chi connectivity index (χ1n) is 5.59. The van der Waals surface area contributed by atoms with Crippen LogP contribution in [0.2, 0.25) is 0 Å². The summed E-state index contributed by atoms with van der Waals surface area (Å²) in [7, 11) is 0. The number of nitrogens with one attached hydrogen (secondary N) is 2. The third-order valence-electron chi connectivity index (χ3n) is 2.26. The van der Waals surface area contributed by atoms with Crippen LogP contribution in [-0.2, 0) is 4.79 Å². The standard InChI is InChI=1S/C12H14N4O2/c1-9-3-2-4-10(7-9)18-6-5-11(17)15-12-13-8-14-16-12/h2-4,7-8H,5-6H2,1H3,(H2,13,14,15,16,17). The Balaban J connectivity index is 1.73. The van der Waals surface area contributed by atoms with E-state index in [1.165, 1.54) is 6.33 Å². The van der Waals surface area contributed by atoms with Gasteiger partial charge in [-0.25, -0.2) is 5.10 Å². The minimum absolute atomic E-state index is 0.167. The van der Waals surface area contributed by atoms with E-state index in [4.69, 9.17) is 4.74 Å². The summed E-state index contributed by atoms with van der Waals surface area (Å²) in [6.45, 7) is 2.31.